The Kier molecular flexibility index (Phi) is 5.00. The summed E-state index contributed by atoms with van der Waals surface area (Å²) in [5.74, 6) is 0. The molecule has 0 aromatic carbocycles. The van der Waals surface area contributed by atoms with Gasteiger partial charge < -0.3 is 9.64 Å². The molecule has 0 spiro atoms. The van der Waals surface area contributed by atoms with E-state index in [4.69, 9.17) is 4.74 Å². The molecule has 1 N–H and O–H groups in total. The standard InChI is InChI=1S/C14H19BrN2O2/c1-6-7-17-9-11(15)8-12(10(17)2)16-13(18)19-14(3,4)5/h6-9H,2H2,1,3-5H3,(H,16,18)/b7-6-. The van der Waals surface area contributed by atoms with E-state index < -0.39 is 11.7 Å². The fourth-order valence-electron chi connectivity index (χ4n) is 1.42. The van der Waals surface area contributed by atoms with E-state index in [-0.39, 0.29) is 0 Å². The first-order chi connectivity index (χ1) is 8.73. The molecule has 0 aliphatic carbocycles. The number of carbonyl (C=O) groups is 1. The zero-order chi connectivity index (χ0) is 14.6. The van der Waals surface area contributed by atoms with E-state index in [1.807, 2.05) is 51.1 Å². The molecular weight excluding hydrogens is 308 g/mol. The van der Waals surface area contributed by atoms with Crippen LogP contribution in [0.15, 0.2) is 47.0 Å². The molecule has 5 heteroatoms. The first kappa shape index (κ1) is 15.6. The molecule has 0 fully saturated rings. The molecule has 0 unspecified atom stereocenters. The van der Waals surface area contributed by atoms with E-state index in [1.54, 1.807) is 6.08 Å². The van der Waals surface area contributed by atoms with Crippen molar-refractivity contribution in [3.63, 3.8) is 0 Å². The molecule has 0 radical (unpaired) electrons. The van der Waals surface area contributed by atoms with Crippen molar-refractivity contribution in [2.75, 3.05) is 0 Å². The first-order valence-electron chi connectivity index (χ1n) is 5.92. The van der Waals surface area contributed by atoms with Crippen molar-refractivity contribution in [3.8, 4) is 0 Å². The summed E-state index contributed by atoms with van der Waals surface area (Å²) in [6.07, 6.45) is 6.89. The lowest BCUT2D eigenvalue weighted by molar-refractivity contribution is 0.0546. The highest BCUT2D eigenvalue weighted by atomic mass is 79.9. The van der Waals surface area contributed by atoms with Gasteiger partial charge in [0.25, 0.3) is 0 Å². The third kappa shape index (κ3) is 4.95. The maximum atomic E-state index is 11.8. The molecule has 0 saturated carbocycles. The third-order valence-corrected chi connectivity index (χ3v) is 2.55. The van der Waals surface area contributed by atoms with Crippen LogP contribution in [0, 0.1) is 0 Å². The lowest BCUT2D eigenvalue weighted by Gasteiger charge is -2.26. The number of halogens is 1. The normalized spacial score (nSPS) is 16.3. The topological polar surface area (TPSA) is 41.6 Å². The van der Waals surface area contributed by atoms with E-state index in [9.17, 15) is 4.79 Å². The van der Waals surface area contributed by atoms with Crippen LogP contribution >= 0.6 is 15.9 Å². The van der Waals surface area contributed by atoms with Gasteiger partial charge in [0, 0.05) is 16.9 Å². The number of alkyl carbamates (subject to hydrolysis) is 1. The predicted molar refractivity (Wildman–Crippen MR) is 80.3 cm³/mol. The smallest absolute Gasteiger partial charge is 0.412 e. The Morgan fingerprint density at radius 3 is 2.68 bits per heavy atom. The number of amides is 1. The van der Waals surface area contributed by atoms with Gasteiger partial charge in [0.05, 0.1) is 11.4 Å². The number of hydrogen-bond donors (Lipinski definition) is 1. The monoisotopic (exact) mass is 326 g/mol. The summed E-state index contributed by atoms with van der Waals surface area (Å²) in [5, 5.41) is 2.70. The van der Waals surface area contributed by atoms with E-state index >= 15 is 0 Å². The van der Waals surface area contributed by atoms with Crippen molar-refractivity contribution < 1.29 is 9.53 Å². The first-order valence-corrected chi connectivity index (χ1v) is 6.71. The molecule has 0 aromatic heterocycles. The minimum absolute atomic E-state index is 0.498. The second kappa shape index (κ2) is 6.10. The highest BCUT2D eigenvalue weighted by Crippen LogP contribution is 2.24. The van der Waals surface area contributed by atoms with Crippen LogP contribution in [0.2, 0.25) is 0 Å². The highest BCUT2D eigenvalue weighted by Gasteiger charge is 2.20. The summed E-state index contributed by atoms with van der Waals surface area (Å²) in [7, 11) is 0. The average molecular weight is 327 g/mol. The molecule has 0 saturated heterocycles. The molecular formula is C14H19BrN2O2. The van der Waals surface area contributed by atoms with Gasteiger partial charge in [-0.2, -0.15) is 0 Å². The van der Waals surface area contributed by atoms with Crippen molar-refractivity contribution in [1.82, 2.24) is 10.2 Å². The van der Waals surface area contributed by atoms with Crippen LogP contribution < -0.4 is 5.32 Å². The number of allylic oxidation sites excluding steroid dienone is 3. The van der Waals surface area contributed by atoms with Crippen molar-refractivity contribution >= 4 is 22.0 Å². The zero-order valence-corrected chi connectivity index (χ0v) is 13.2. The van der Waals surface area contributed by atoms with E-state index in [2.05, 4.69) is 27.8 Å². The Morgan fingerprint density at radius 2 is 2.16 bits per heavy atom. The minimum Gasteiger partial charge on any atom is -0.444 e. The molecule has 0 atom stereocenters. The van der Waals surface area contributed by atoms with Gasteiger partial charge in [-0.3, -0.25) is 5.32 Å². The number of nitrogens with zero attached hydrogens (tertiary/aromatic N) is 1. The molecule has 1 aliphatic heterocycles. The van der Waals surface area contributed by atoms with Gasteiger partial charge >= 0.3 is 6.09 Å². The average Bonchev–Trinajstić information content (AvgIpc) is 2.22. The Bertz CT molecular complexity index is 470. The third-order valence-electron chi connectivity index (χ3n) is 2.11. The van der Waals surface area contributed by atoms with Crippen LogP contribution in [0.1, 0.15) is 27.7 Å². The lowest BCUT2D eigenvalue weighted by atomic mass is 10.2. The maximum absolute atomic E-state index is 11.8. The Morgan fingerprint density at radius 1 is 1.53 bits per heavy atom. The van der Waals surface area contributed by atoms with Gasteiger partial charge in [0.1, 0.15) is 5.60 Å². The maximum Gasteiger partial charge on any atom is 0.412 e. The van der Waals surface area contributed by atoms with Crippen LogP contribution in [0.3, 0.4) is 0 Å². The fraction of sp³-hybridized carbons (Fsp3) is 0.357. The molecule has 1 rings (SSSR count). The van der Waals surface area contributed by atoms with Crippen LogP contribution in [-0.2, 0) is 4.74 Å². The number of carbonyl (C=O) groups excluding carboxylic acids is 1. The summed E-state index contributed by atoms with van der Waals surface area (Å²) in [4.78, 5) is 13.6. The Hall–Kier alpha value is -1.49. The fourth-order valence-corrected chi connectivity index (χ4v) is 1.87. The summed E-state index contributed by atoms with van der Waals surface area (Å²) < 4.78 is 6.05. The molecule has 0 aromatic rings. The van der Waals surface area contributed by atoms with E-state index in [1.165, 1.54) is 0 Å². The van der Waals surface area contributed by atoms with E-state index in [0.29, 0.717) is 11.4 Å². The number of ether oxygens (including phenoxy) is 1. The Labute approximate surface area is 122 Å². The van der Waals surface area contributed by atoms with Gasteiger partial charge in [-0.15, -0.1) is 0 Å². The number of rotatable bonds is 2. The van der Waals surface area contributed by atoms with Crippen LogP contribution in [0.25, 0.3) is 0 Å². The Balaban J connectivity index is 2.81. The van der Waals surface area contributed by atoms with Crippen LogP contribution in [0.5, 0.6) is 0 Å². The summed E-state index contributed by atoms with van der Waals surface area (Å²) in [6.45, 7) is 11.3. The SMILES string of the molecule is C=C1C(NC(=O)OC(C)(C)C)=CC(Br)=CN1/C=C\C. The second-order valence-corrected chi connectivity index (χ2v) is 5.95. The van der Waals surface area contributed by atoms with Crippen molar-refractivity contribution in [1.29, 1.82) is 0 Å². The summed E-state index contributed by atoms with van der Waals surface area (Å²) >= 11 is 3.39. The molecule has 4 nitrogen and oxygen atoms in total. The van der Waals surface area contributed by atoms with Gasteiger partial charge in [0.2, 0.25) is 0 Å². The van der Waals surface area contributed by atoms with Crippen molar-refractivity contribution in [2.24, 2.45) is 0 Å². The minimum atomic E-state index is -0.531. The quantitative estimate of drug-likeness (QED) is 0.834. The molecule has 1 amide bonds. The van der Waals surface area contributed by atoms with Crippen molar-refractivity contribution in [2.45, 2.75) is 33.3 Å². The number of hydrogen-bond acceptors (Lipinski definition) is 3. The number of nitrogens with one attached hydrogen (secondary N) is 1. The van der Waals surface area contributed by atoms with Gasteiger partial charge in [-0.05, 0) is 49.7 Å². The zero-order valence-electron chi connectivity index (χ0n) is 11.7. The van der Waals surface area contributed by atoms with Gasteiger partial charge in [-0.25, -0.2) is 4.79 Å². The van der Waals surface area contributed by atoms with Crippen molar-refractivity contribution in [3.05, 3.63) is 47.0 Å². The van der Waals surface area contributed by atoms with Crippen LogP contribution in [-0.4, -0.2) is 16.6 Å². The summed E-state index contributed by atoms with van der Waals surface area (Å²) in [6, 6.07) is 0. The lowest BCUT2D eigenvalue weighted by Crippen LogP contribution is -2.34. The van der Waals surface area contributed by atoms with Gasteiger partial charge in [-0.1, -0.05) is 12.7 Å². The highest BCUT2D eigenvalue weighted by molar-refractivity contribution is 9.11. The molecule has 1 heterocycles. The second-order valence-electron chi connectivity index (χ2n) is 5.04. The molecule has 1 aliphatic rings. The molecule has 0 bridgehead atoms. The summed E-state index contributed by atoms with van der Waals surface area (Å²) in [5.41, 5.74) is 0.741. The largest absolute Gasteiger partial charge is 0.444 e. The van der Waals surface area contributed by atoms with E-state index in [0.717, 1.165) is 4.48 Å². The molecule has 104 valence electrons. The van der Waals surface area contributed by atoms with Gasteiger partial charge in [0.15, 0.2) is 0 Å². The molecule has 19 heavy (non-hydrogen) atoms. The van der Waals surface area contributed by atoms with Crippen LogP contribution in [0.4, 0.5) is 4.79 Å². The predicted octanol–water partition coefficient (Wildman–Crippen LogP) is 3.99.